The molecule has 3 nitrogen and oxygen atoms in total. The molecular formula is C14H17BrClN3. The van der Waals surface area contributed by atoms with Gasteiger partial charge < -0.3 is 5.32 Å². The lowest BCUT2D eigenvalue weighted by Gasteiger charge is -2.18. The number of hydrogen-bond donors (Lipinski definition) is 1. The Hall–Kier alpha value is -0.840. The fraction of sp³-hybridized carbons (Fsp3) is 0.357. The van der Waals surface area contributed by atoms with E-state index in [1.54, 1.807) is 0 Å². The average Bonchev–Trinajstić information content (AvgIpc) is 2.78. The van der Waals surface area contributed by atoms with E-state index in [0.29, 0.717) is 6.04 Å². The Balaban J connectivity index is 2.07. The van der Waals surface area contributed by atoms with E-state index in [9.17, 15) is 0 Å². The van der Waals surface area contributed by atoms with Gasteiger partial charge in [0.2, 0.25) is 0 Å². The first-order valence-corrected chi connectivity index (χ1v) is 7.37. The third kappa shape index (κ3) is 3.81. The van der Waals surface area contributed by atoms with Gasteiger partial charge in [-0.3, -0.25) is 4.68 Å². The zero-order valence-corrected chi connectivity index (χ0v) is 13.4. The van der Waals surface area contributed by atoms with Crippen molar-refractivity contribution in [1.82, 2.24) is 15.1 Å². The second kappa shape index (κ2) is 6.55. The molecule has 102 valence electrons. The van der Waals surface area contributed by atoms with Gasteiger partial charge in [0.1, 0.15) is 0 Å². The lowest BCUT2D eigenvalue weighted by Crippen LogP contribution is -2.17. The number of aromatic nitrogens is 2. The molecule has 0 aliphatic heterocycles. The van der Waals surface area contributed by atoms with Crippen molar-refractivity contribution in [2.24, 2.45) is 7.05 Å². The summed E-state index contributed by atoms with van der Waals surface area (Å²) in [7, 11) is 3.92. The summed E-state index contributed by atoms with van der Waals surface area (Å²) in [5.74, 6) is 0. The summed E-state index contributed by atoms with van der Waals surface area (Å²) in [5.41, 5.74) is 2.49. The van der Waals surface area contributed by atoms with Crippen LogP contribution in [0.25, 0.3) is 0 Å². The molecule has 0 fully saturated rings. The van der Waals surface area contributed by atoms with E-state index in [4.69, 9.17) is 11.6 Å². The predicted octanol–water partition coefficient (Wildman–Crippen LogP) is 3.73. The van der Waals surface area contributed by atoms with Gasteiger partial charge in [0.25, 0.3) is 0 Å². The number of hydrogen-bond acceptors (Lipinski definition) is 2. The Bertz CT molecular complexity index is 553. The predicted molar refractivity (Wildman–Crippen MR) is 82.5 cm³/mol. The number of nitrogens with one attached hydrogen (secondary N) is 1. The Morgan fingerprint density at radius 3 is 2.84 bits per heavy atom. The molecule has 0 saturated carbocycles. The molecule has 0 saturated heterocycles. The molecular weight excluding hydrogens is 326 g/mol. The van der Waals surface area contributed by atoms with E-state index in [1.165, 1.54) is 11.1 Å². The van der Waals surface area contributed by atoms with Crippen molar-refractivity contribution in [1.29, 1.82) is 0 Å². The van der Waals surface area contributed by atoms with Gasteiger partial charge in [0, 0.05) is 28.8 Å². The molecule has 1 heterocycles. The highest BCUT2D eigenvalue weighted by Gasteiger charge is 2.13. The smallest absolute Gasteiger partial charge is 0.0521 e. The number of benzene rings is 1. The van der Waals surface area contributed by atoms with Crippen molar-refractivity contribution >= 4 is 27.5 Å². The fourth-order valence-corrected chi connectivity index (χ4v) is 3.11. The van der Waals surface area contributed by atoms with Crippen molar-refractivity contribution in [2.75, 3.05) is 7.05 Å². The molecule has 0 amide bonds. The van der Waals surface area contributed by atoms with Crippen LogP contribution in [0.3, 0.4) is 0 Å². The average molecular weight is 343 g/mol. The monoisotopic (exact) mass is 341 g/mol. The van der Waals surface area contributed by atoms with Crippen LogP contribution in [0.15, 0.2) is 35.1 Å². The van der Waals surface area contributed by atoms with E-state index in [1.807, 2.05) is 37.1 Å². The molecule has 19 heavy (non-hydrogen) atoms. The molecule has 0 spiro atoms. The highest BCUT2D eigenvalue weighted by molar-refractivity contribution is 9.10. The first-order valence-electron chi connectivity index (χ1n) is 6.20. The van der Waals surface area contributed by atoms with Crippen molar-refractivity contribution < 1.29 is 0 Å². The maximum atomic E-state index is 5.98. The van der Waals surface area contributed by atoms with Crippen LogP contribution in [-0.4, -0.2) is 16.8 Å². The molecule has 1 aromatic carbocycles. The minimum atomic E-state index is 0.298. The molecule has 2 aromatic rings. The maximum absolute atomic E-state index is 5.98. The molecule has 0 aliphatic rings. The molecule has 1 atom stereocenters. The van der Waals surface area contributed by atoms with Crippen LogP contribution in [0.4, 0.5) is 0 Å². The first kappa shape index (κ1) is 14.6. The topological polar surface area (TPSA) is 29.9 Å². The summed E-state index contributed by atoms with van der Waals surface area (Å²) in [6.45, 7) is 0. The van der Waals surface area contributed by atoms with Gasteiger partial charge in [-0.15, -0.1) is 0 Å². The molecule has 0 bridgehead atoms. The minimum Gasteiger partial charge on any atom is -0.313 e. The van der Waals surface area contributed by atoms with Gasteiger partial charge >= 0.3 is 0 Å². The van der Waals surface area contributed by atoms with Gasteiger partial charge in [-0.1, -0.05) is 33.6 Å². The van der Waals surface area contributed by atoms with Crippen LogP contribution in [0.5, 0.6) is 0 Å². The van der Waals surface area contributed by atoms with Crippen molar-refractivity contribution in [3.05, 3.63) is 51.2 Å². The van der Waals surface area contributed by atoms with Gasteiger partial charge in [0.05, 0.1) is 6.20 Å². The second-order valence-electron chi connectivity index (χ2n) is 4.57. The van der Waals surface area contributed by atoms with Crippen LogP contribution in [0, 0.1) is 0 Å². The Labute approximate surface area is 127 Å². The zero-order valence-electron chi connectivity index (χ0n) is 11.0. The van der Waals surface area contributed by atoms with E-state index in [0.717, 1.165) is 22.3 Å². The lowest BCUT2D eigenvalue weighted by molar-refractivity contribution is 0.547. The molecule has 5 heteroatoms. The van der Waals surface area contributed by atoms with Gasteiger partial charge in [-0.05, 0) is 43.1 Å². The van der Waals surface area contributed by atoms with Gasteiger partial charge in [0.15, 0.2) is 0 Å². The fourth-order valence-electron chi connectivity index (χ4n) is 2.15. The molecule has 0 aliphatic carbocycles. The third-order valence-electron chi connectivity index (χ3n) is 3.17. The second-order valence-corrected chi connectivity index (χ2v) is 5.86. The highest BCUT2D eigenvalue weighted by Crippen LogP contribution is 2.29. The first-order chi connectivity index (χ1) is 9.10. The molecule has 1 aromatic heterocycles. The summed E-state index contributed by atoms with van der Waals surface area (Å²) in [4.78, 5) is 0. The normalized spacial score (nSPS) is 12.6. The molecule has 1 N–H and O–H groups in total. The third-order valence-corrected chi connectivity index (χ3v) is 4.09. The SMILES string of the molecule is CNC(CCc1cnn(C)c1)c1ccc(Cl)cc1Br. The van der Waals surface area contributed by atoms with E-state index in [2.05, 4.69) is 38.6 Å². The van der Waals surface area contributed by atoms with Crippen molar-refractivity contribution in [3.63, 3.8) is 0 Å². The Morgan fingerprint density at radius 1 is 1.47 bits per heavy atom. The number of aryl methyl sites for hydroxylation is 2. The van der Waals surface area contributed by atoms with Crippen LogP contribution >= 0.6 is 27.5 Å². The number of nitrogens with zero attached hydrogens (tertiary/aromatic N) is 2. The summed E-state index contributed by atoms with van der Waals surface area (Å²) in [6, 6.07) is 6.23. The van der Waals surface area contributed by atoms with Crippen molar-refractivity contribution in [2.45, 2.75) is 18.9 Å². The van der Waals surface area contributed by atoms with Crippen LogP contribution in [0.2, 0.25) is 5.02 Å². The van der Waals surface area contributed by atoms with Crippen LogP contribution < -0.4 is 5.32 Å². The van der Waals surface area contributed by atoms with E-state index >= 15 is 0 Å². The molecule has 1 unspecified atom stereocenters. The zero-order chi connectivity index (χ0) is 13.8. The number of halogens is 2. The summed E-state index contributed by atoms with van der Waals surface area (Å²) >= 11 is 9.56. The Kier molecular flexibility index (Phi) is 5.02. The highest BCUT2D eigenvalue weighted by atomic mass is 79.9. The standard InChI is InChI=1S/C14H17BrClN3/c1-17-14(6-3-10-8-18-19(2)9-10)12-5-4-11(16)7-13(12)15/h4-5,7-9,14,17H,3,6H2,1-2H3. The minimum absolute atomic E-state index is 0.298. The quantitative estimate of drug-likeness (QED) is 0.897. The molecule has 0 radical (unpaired) electrons. The van der Waals surface area contributed by atoms with E-state index < -0.39 is 0 Å². The summed E-state index contributed by atoms with van der Waals surface area (Å²) < 4.78 is 2.88. The molecule has 2 rings (SSSR count). The van der Waals surface area contributed by atoms with Crippen molar-refractivity contribution in [3.8, 4) is 0 Å². The van der Waals surface area contributed by atoms with Gasteiger partial charge in [-0.25, -0.2) is 0 Å². The maximum Gasteiger partial charge on any atom is 0.0521 e. The van der Waals surface area contributed by atoms with Gasteiger partial charge in [-0.2, -0.15) is 5.10 Å². The van der Waals surface area contributed by atoms with Crippen LogP contribution in [0.1, 0.15) is 23.6 Å². The van der Waals surface area contributed by atoms with E-state index in [-0.39, 0.29) is 0 Å². The summed E-state index contributed by atoms with van der Waals surface area (Å²) in [5, 5.41) is 8.30. The largest absolute Gasteiger partial charge is 0.313 e. The number of rotatable bonds is 5. The Morgan fingerprint density at radius 2 is 2.26 bits per heavy atom. The van der Waals surface area contributed by atoms with Crippen LogP contribution in [-0.2, 0) is 13.5 Å². The summed E-state index contributed by atoms with van der Waals surface area (Å²) in [6.07, 6.45) is 5.99. The lowest BCUT2D eigenvalue weighted by atomic mass is 10.0.